The molecule has 0 bridgehead atoms. The highest BCUT2D eigenvalue weighted by Crippen LogP contribution is 2.15. The fourth-order valence-electron chi connectivity index (χ4n) is 2.53. The highest BCUT2D eigenvalue weighted by Gasteiger charge is 2.03. The summed E-state index contributed by atoms with van der Waals surface area (Å²) in [5.74, 6) is -0.302. The molecule has 0 radical (unpaired) electrons. The van der Waals surface area contributed by atoms with Gasteiger partial charge in [0.1, 0.15) is 0 Å². The van der Waals surface area contributed by atoms with E-state index < -0.39 is 5.97 Å². The molecule has 0 aromatic heterocycles. The molecule has 2 N–H and O–H groups in total. The third-order valence-corrected chi connectivity index (χ3v) is 3.97. The summed E-state index contributed by atoms with van der Waals surface area (Å²) in [7, 11) is 0. The fraction of sp³-hybridized carbons (Fsp3) is 0.350. The Bertz CT molecular complexity index is 632. The summed E-state index contributed by atoms with van der Waals surface area (Å²) in [6.45, 7) is 6.03. The molecule has 0 heterocycles. The first-order valence-corrected chi connectivity index (χ1v) is 8.18. The fourth-order valence-corrected chi connectivity index (χ4v) is 2.53. The van der Waals surface area contributed by atoms with Crippen molar-refractivity contribution in [2.24, 2.45) is 0 Å². The topological polar surface area (TPSA) is 49.3 Å². The van der Waals surface area contributed by atoms with Crippen LogP contribution in [0, 0.1) is 0 Å². The molecule has 0 amide bonds. The summed E-state index contributed by atoms with van der Waals surface area (Å²) in [6.07, 6.45) is 2.13. The second-order valence-electron chi connectivity index (χ2n) is 6.18. The molecule has 0 saturated heterocycles. The van der Waals surface area contributed by atoms with Gasteiger partial charge in [0, 0.05) is 6.54 Å². The maximum Gasteiger partial charge on any atom is 0.335 e. The number of aromatic carboxylic acids is 1. The second kappa shape index (κ2) is 8.49. The van der Waals surface area contributed by atoms with Crippen LogP contribution >= 0.6 is 0 Å². The summed E-state index contributed by atoms with van der Waals surface area (Å²) in [6, 6.07) is 15.9. The van der Waals surface area contributed by atoms with Crippen LogP contribution in [-0.2, 0) is 13.0 Å². The average Bonchev–Trinajstić information content (AvgIpc) is 2.55. The lowest BCUT2D eigenvalue weighted by Gasteiger charge is -2.08. The van der Waals surface area contributed by atoms with Crippen molar-refractivity contribution in [3.05, 3.63) is 70.8 Å². The van der Waals surface area contributed by atoms with Crippen LogP contribution in [0.4, 0.5) is 0 Å². The zero-order valence-corrected chi connectivity index (χ0v) is 13.9. The van der Waals surface area contributed by atoms with Gasteiger partial charge in [0.05, 0.1) is 5.56 Å². The van der Waals surface area contributed by atoms with E-state index in [9.17, 15) is 4.79 Å². The normalized spacial score (nSPS) is 10.9. The van der Waals surface area contributed by atoms with Gasteiger partial charge in [-0.05, 0) is 54.1 Å². The van der Waals surface area contributed by atoms with Gasteiger partial charge in [-0.3, -0.25) is 0 Å². The van der Waals surface area contributed by atoms with Gasteiger partial charge < -0.3 is 10.4 Å². The second-order valence-corrected chi connectivity index (χ2v) is 6.18. The molecular weight excluding hydrogens is 286 g/mol. The number of hydrogen-bond donors (Lipinski definition) is 2. The number of hydrogen-bond acceptors (Lipinski definition) is 2. The van der Waals surface area contributed by atoms with Crippen LogP contribution in [0.25, 0.3) is 0 Å². The zero-order valence-electron chi connectivity index (χ0n) is 13.9. The average molecular weight is 311 g/mol. The Kier molecular flexibility index (Phi) is 6.36. The maximum atomic E-state index is 10.9. The number of nitrogens with one attached hydrogen (secondary N) is 1. The smallest absolute Gasteiger partial charge is 0.335 e. The summed E-state index contributed by atoms with van der Waals surface area (Å²) < 4.78 is 0. The van der Waals surface area contributed by atoms with Gasteiger partial charge >= 0.3 is 5.97 Å². The van der Waals surface area contributed by atoms with Crippen molar-refractivity contribution in [3.63, 3.8) is 0 Å². The molecule has 0 aliphatic rings. The molecule has 122 valence electrons. The lowest BCUT2D eigenvalue weighted by Crippen LogP contribution is -2.15. The van der Waals surface area contributed by atoms with Crippen LogP contribution in [0.2, 0.25) is 0 Å². The lowest BCUT2D eigenvalue weighted by atomic mass is 10.0. The molecule has 0 spiro atoms. The minimum atomic E-state index is -0.878. The standard InChI is InChI=1S/C20H25NO2/c1-15(2)18-10-8-16(9-11-18)6-4-12-21-14-17-5-3-7-19(13-17)20(22)23/h3,5,7-11,13,15,21H,4,6,12,14H2,1-2H3,(H,22,23). The Morgan fingerprint density at radius 1 is 1.09 bits per heavy atom. The molecule has 0 fully saturated rings. The van der Waals surface area contributed by atoms with E-state index in [2.05, 4.69) is 43.4 Å². The van der Waals surface area contributed by atoms with E-state index in [1.165, 1.54) is 11.1 Å². The number of carboxylic acids is 1. The number of rotatable bonds is 8. The molecular formula is C20H25NO2. The van der Waals surface area contributed by atoms with Crippen molar-refractivity contribution >= 4 is 5.97 Å². The molecule has 0 aliphatic heterocycles. The largest absolute Gasteiger partial charge is 0.478 e. The van der Waals surface area contributed by atoms with Crippen molar-refractivity contribution in [2.75, 3.05) is 6.54 Å². The third kappa shape index (κ3) is 5.53. The monoisotopic (exact) mass is 311 g/mol. The lowest BCUT2D eigenvalue weighted by molar-refractivity contribution is 0.0696. The Hall–Kier alpha value is -2.13. The summed E-state index contributed by atoms with van der Waals surface area (Å²) in [5, 5.41) is 12.4. The highest BCUT2D eigenvalue weighted by atomic mass is 16.4. The Morgan fingerprint density at radius 2 is 1.83 bits per heavy atom. The maximum absolute atomic E-state index is 10.9. The van der Waals surface area contributed by atoms with Crippen molar-refractivity contribution in [1.29, 1.82) is 0 Å². The van der Waals surface area contributed by atoms with Crippen molar-refractivity contribution in [1.82, 2.24) is 5.32 Å². The minimum absolute atomic E-state index is 0.342. The van der Waals surface area contributed by atoms with E-state index in [0.29, 0.717) is 18.0 Å². The zero-order chi connectivity index (χ0) is 16.7. The van der Waals surface area contributed by atoms with Crippen molar-refractivity contribution in [2.45, 2.75) is 39.2 Å². The molecule has 2 aromatic carbocycles. The first-order valence-electron chi connectivity index (χ1n) is 8.18. The number of carboxylic acid groups (broad SMARTS) is 1. The minimum Gasteiger partial charge on any atom is -0.478 e. The number of carbonyl (C=O) groups is 1. The van der Waals surface area contributed by atoms with Crippen LogP contribution in [-0.4, -0.2) is 17.6 Å². The van der Waals surface area contributed by atoms with E-state index in [0.717, 1.165) is 24.9 Å². The van der Waals surface area contributed by atoms with Crippen LogP contribution in [0.1, 0.15) is 53.2 Å². The van der Waals surface area contributed by atoms with Crippen LogP contribution in [0.5, 0.6) is 0 Å². The van der Waals surface area contributed by atoms with E-state index in [-0.39, 0.29) is 0 Å². The first-order chi connectivity index (χ1) is 11.1. The van der Waals surface area contributed by atoms with Gasteiger partial charge in [-0.1, -0.05) is 50.2 Å². The Morgan fingerprint density at radius 3 is 2.48 bits per heavy atom. The molecule has 2 aromatic rings. The van der Waals surface area contributed by atoms with Gasteiger partial charge in [0.2, 0.25) is 0 Å². The molecule has 0 atom stereocenters. The van der Waals surface area contributed by atoms with Gasteiger partial charge in [-0.25, -0.2) is 4.79 Å². The quantitative estimate of drug-likeness (QED) is 0.717. The van der Waals surface area contributed by atoms with Crippen LogP contribution < -0.4 is 5.32 Å². The van der Waals surface area contributed by atoms with Gasteiger partial charge in [-0.2, -0.15) is 0 Å². The van der Waals surface area contributed by atoms with Crippen LogP contribution in [0.15, 0.2) is 48.5 Å². The molecule has 23 heavy (non-hydrogen) atoms. The SMILES string of the molecule is CC(C)c1ccc(CCCNCc2cccc(C(=O)O)c2)cc1. The Labute approximate surface area is 138 Å². The van der Waals surface area contributed by atoms with E-state index in [4.69, 9.17) is 5.11 Å². The van der Waals surface area contributed by atoms with Gasteiger partial charge in [-0.15, -0.1) is 0 Å². The summed E-state index contributed by atoms with van der Waals surface area (Å²) in [4.78, 5) is 10.9. The van der Waals surface area contributed by atoms with E-state index in [1.54, 1.807) is 18.2 Å². The van der Waals surface area contributed by atoms with E-state index in [1.807, 2.05) is 6.07 Å². The molecule has 0 unspecified atom stereocenters. The first kappa shape index (κ1) is 17.2. The molecule has 3 nitrogen and oxygen atoms in total. The summed E-state index contributed by atoms with van der Waals surface area (Å²) >= 11 is 0. The van der Waals surface area contributed by atoms with Gasteiger partial charge in [0.15, 0.2) is 0 Å². The number of aryl methyl sites for hydroxylation is 1. The van der Waals surface area contributed by atoms with Crippen molar-refractivity contribution in [3.8, 4) is 0 Å². The third-order valence-electron chi connectivity index (χ3n) is 3.97. The molecule has 2 rings (SSSR count). The molecule has 0 saturated carbocycles. The highest BCUT2D eigenvalue weighted by molar-refractivity contribution is 5.87. The Balaban J connectivity index is 1.71. The van der Waals surface area contributed by atoms with Crippen LogP contribution in [0.3, 0.4) is 0 Å². The molecule has 0 aliphatic carbocycles. The molecule has 3 heteroatoms. The van der Waals surface area contributed by atoms with Gasteiger partial charge in [0.25, 0.3) is 0 Å². The predicted molar refractivity (Wildman–Crippen MR) is 94.0 cm³/mol. The van der Waals surface area contributed by atoms with Crippen molar-refractivity contribution < 1.29 is 9.90 Å². The summed E-state index contributed by atoms with van der Waals surface area (Å²) in [5.41, 5.74) is 4.09. The number of benzene rings is 2. The van der Waals surface area contributed by atoms with E-state index >= 15 is 0 Å². The predicted octanol–water partition coefficient (Wildman–Crippen LogP) is 4.23.